The summed E-state index contributed by atoms with van der Waals surface area (Å²) >= 11 is 3.64. The van der Waals surface area contributed by atoms with E-state index >= 15 is 0 Å². The molecule has 1 aliphatic rings. The van der Waals surface area contributed by atoms with Crippen LogP contribution in [0.15, 0.2) is 22.8 Å². The first-order valence-electron chi connectivity index (χ1n) is 6.69. The lowest BCUT2D eigenvalue weighted by Gasteiger charge is -2.32. The Bertz CT molecular complexity index is 626. The standard InChI is InChI=1S/C14H18BBrN2O2/c1-13(2)14(3,4)20-15(19-13)12-10(16)11-9(18(12)5)7-6-8-17-11/h6-8H,1-5H3. The second-order valence-electron chi connectivity index (χ2n) is 6.22. The Balaban J connectivity index is 2.13. The molecule has 2 aromatic heterocycles. The maximum atomic E-state index is 6.14. The molecule has 3 heterocycles. The lowest BCUT2D eigenvalue weighted by Crippen LogP contribution is -2.41. The van der Waals surface area contributed by atoms with Crippen LogP contribution in [-0.2, 0) is 16.4 Å². The number of fused-ring (bicyclic) bond motifs is 1. The molecule has 0 spiro atoms. The first-order chi connectivity index (χ1) is 9.24. The third-order valence-electron chi connectivity index (χ3n) is 4.42. The molecule has 0 bridgehead atoms. The van der Waals surface area contributed by atoms with Gasteiger partial charge in [0.25, 0.3) is 0 Å². The average Bonchev–Trinajstić information content (AvgIpc) is 2.72. The molecule has 0 amide bonds. The summed E-state index contributed by atoms with van der Waals surface area (Å²) in [6.45, 7) is 8.23. The van der Waals surface area contributed by atoms with Crippen molar-refractivity contribution in [2.75, 3.05) is 0 Å². The van der Waals surface area contributed by atoms with Crippen LogP contribution >= 0.6 is 15.9 Å². The molecule has 6 heteroatoms. The number of aromatic nitrogens is 2. The van der Waals surface area contributed by atoms with Gasteiger partial charge in [0, 0.05) is 13.2 Å². The molecule has 1 fully saturated rings. The van der Waals surface area contributed by atoms with Gasteiger partial charge >= 0.3 is 7.12 Å². The zero-order valence-electron chi connectivity index (χ0n) is 12.4. The summed E-state index contributed by atoms with van der Waals surface area (Å²) in [6.07, 6.45) is 1.79. The molecule has 0 saturated carbocycles. The van der Waals surface area contributed by atoms with E-state index in [4.69, 9.17) is 9.31 Å². The SMILES string of the molecule is Cn1c(B2OC(C)(C)C(C)(C)O2)c(Br)c2ncccc21. The fourth-order valence-corrected chi connectivity index (χ4v) is 3.21. The summed E-state index contributed by atoms with van der Waals surface area (Å²) in [7, 11) is 1.61. The van der Waals surface area contributed by atoms with E-state index in [0.717, 1.165) is 21.1 Å². The Labute approximate surface area is 127 Å². The highest BCUT2D eigenvalue weighted by Gasteiger charge is 2.53. The Morgan fingerprint density at radius 3 is 2.35 bits per heavy atom. The molecule has 3 rings (SSSR count). The summed E-state index contributed by atoms with van der Waals surface area (Å²) in [5.74, 6) is 0. The van der Waals surface area contributed by atoms with Crippen LogP contribution in [0.4, 0.5) is 0 Å². The van der Waals surface area contributed by atoms with Crippen molar-refractivity contribution in [1.82, 2.24) is 9.55 Å². The Morgan fingerprint density at radius 1 is 1.20 bits per heavy atom. The van der Waals surface area contributed by atoms with Crippen molar-refractivity contribution in [3.05, 3.63) is 22.8 Å². The average molecular weight is 337 g/mol. The minimum Gasteiger partial charge on any atom is -0.398 e. The first-order valence-corrected chi connectivity index (χ1v) is 7.48. The molecule has 0 radical (unpaired) electrons. The number of hydrogen-bond donors (Lipinski definition) is 0. The normalized spacial score (nSPS) is 20.8. The van der Waals surface area contributed by atoms with E-state index in [2.05, 4.69) is 53.2 Å². The van der Waals surface area contributed by atoms with Crippen LogP contribution in [0.25, 0.3) is 11.0 Å². The molecule has 0 unspecified atom stereocenters. The minimum atomic E-state index is -0.395. The molecule has 106 valence electrons. The van der Waals surface area contributed by atoms with E-state index in [9.17, 15) is 0 Å². The predicted molar refractivity (Wildman–Crippen MR) is 84.1 cm³/mol. The van der Waals surface area contributed by atoms with Crippen LogP contribution in [0.3, 0.4) is 0 Å². The number of nitrogens with zero attached hydrogens (tertiary/aromatic N) is 2. The molecular formula is C14H18BBrN2O2. The van der Waals surface area contributed by atoms with E-state index in [0.29, 0.717) is 0 Å². The van der Waals surface area contributed by atoms with Crippen LogP contribution in [-0.4, -0.2) is 27.9 Å². The van der Waals surface area contributed by atoms with Gasteiger partial charge in [0.1, 0.15) is 5.52 Å². The maximum absolute atomic E-state index is 6.14. The van der Waals surface area contributed by atoms with Gasteiger partial charge in [0.2, 0.25) is 0 Å². The lowest BCUT2D eigenvalue weighted by molar-refractivity contribution is 0.00578. The van der Waals surface area contributed by atoms with E-state index in [-0.39, 0.29) is 11.2 Å². The largest absolute Gasteiger partial charge is 0.513 e. The third kappa shape index (κ3) is 1.85. The first kappa shape index (κ1) is 14.1. The van der Waals surface area contributed by atoms with Crippen LogP contribution in [0.5, 0.6) is 0 Å². The maximum Gasteiger partial charge on any atom is 0.513 e. The smallest absolute Gasteiger partial charge is 0.398 e. The zero-order valence-corrected chi connectivity index (χ0v) is 14.0. The quantitative estimate of drug-likeness (QED) is 0.751. The van der Waals surface area contributed by atoms with E-state index < -0.39 is 7.12 Å². The monoisotopic (exact) mass is 336 g/mol. The molecule has 0 aliphatic carbocycles. The van der Waals surface area contributed by atoms with Crippen molar-refractivity contribution in [3.8, 4) is 0 Å². The van der Waals surface area contributed by atoms with Gasteiger partial charge < -0.3 is 13.9 Å². The zero-order chi connectivity index (χ0) is 14.7. The van der Waals surface area contributed by atoms with Gasteiger partial charge in [0.15, 0.2) is 0 Å². The Hall–Kier alpha value is -0.845. The fourth-order valence-electron chi connectivity index (χ4n) is 2.45. The second-order valence-corrected chi connectivity index (χ2v) is 7.01. The third-order valence-corrected chi connectivity index (χ3v) is 5.20. The van der Waals surface area contributed by atoms with Gasteiger partial charge in [-0.2, -0.15) is 0 Å². The van der Waals surface area contributed by atoms with Crippen LogP contribution in [0.2, 0.25) is 0 Å². The van der Waals surface area contributed by atoms with Crippen molar-refractivity contribution in [1.29, 1.82) is 0 Å². The predicted octanol–water partition coefficient (Wildman–Crippen LogP) is 2.64. The van der Waals surface area contributed by atoms with Crippen molar-refractivity contribution >= 4 is 39.7 Å². The molecular weight excluding hydrogens is 319 g/mol. The molecule has 0 N–H and O–H groups in total. The van der Waals surface area contributed by atoms with Gasteiger partial charge in [-0.25, -0.2) is 0 Å². The van der Waals surface area contributed by atoms with Gasteiger partial charge in [-0.15, -0.1) is 0 Å². The number of hydrogen-bond acceptors (Lipinski definition) is 3. The van der Waals surface area contributed by atoms with Gasteiger partial charge in [-0.1, -0.05) is 0 Å². The van der Waals surface area contributed by atoms with Crippen molar-refractivity contribution in [2.24, 2.45) is 7.05 Å². The molecule has 1 saturated heterocycles. The molecule has 1 aliphatic heterocycles. The van der Waals surface area contributed by atoms with E-state index in [1.165, 1.54) is 0 Å². The topological polar surface area (TPSA) is 36.3 Å². The van der Waals surface area contributed by atoms with Crippen LogP contribution < -0.4 is 5.59 Å². The Morgan fingerprint density at radius 2 is 1.80 bits per heavy atom. The molecule has 0 atom stereocenters. The molecule has 2 aromatic rings. The van der Waals surface area contributed by atoms with Crippen molar-refractivity contribution < 1.29 is 9.31 Å². The van der Waals surface area contributed by atoms with Gasteiger partial charge in [-0.3, -0.25) is 4.98 Å². The number of rotatable bonds is 1. The summed E-state index contributed by atoms with van der Waals surface area (Å²) in [4.78, 5) is 4.43. The van der Waals surface area contributed by atoms with E-state index in [1.54, 1.807) is 6.20 Å². The highest BCUT2D eigenvalue weighted by atomic mass is 79.9. The number of halogens is 1. The van der Waals surface area contributed by atoms with Crippen LogP contribution in [0, 0.1) is 0 Å². The second kappa shape index (κ2) is 4.32. The number of pyridine rings is 1. The van der Waals surface area contributed by atoms with Crippen molar-refractivity contribution in [2.45, 2.75) is 38.9 Å². The molecule has 0 aromatic carbocycles. The summed E-state index contributed by atoms with van der Waals surface area (Å²) in [5, 5.41) is 0. The fraction of sp³-hybridized carbons (Fsp3) is 0.500. The molecule has 4 nitrogen and oxygen atoms in total. The summed E-state index contributed by atoms with van der Waals surface area (Å²) in [5.41, 5.74) is 2.27. The van der Waals surface area contributed by atoms with Gasteiger partial charge in [-0.05, 0) is 55.8 Å². The highest BCUT2D eigenvalue weighted by Crippen LogP contribution is 2.37. The lowest BCUT2D eigenvalue weighted by atomic mass is 9.84. The Kier molecular flexibility index (Phi) is 3.05. The molecule has 20 heavy (non-hydrogen) atoms. The summed E-state index contributed by atoms with van der Waals surface area (Å²) in [6, 6.07) is 3.98. The van der Waals surface area contributed by atoms with Crippen LogP contribution in [0.1, 0.15) is 27.7 Å². The minimum absolute atomic E-state index is 0.346. The summed E-state index contributed by atoms with van der Waals surface area (Å²) < 4.78 is 15.3. The van der Waals surface area contributed by atoms with Gasteiger partial charge in [0.05, 0.1) is 26.8 Å². The highest BCUT2D eigenvalue weighted by molar-refractivity contribution is 9.10. The van der Waals surface area contributed by atoms with Crippen molar-refractivity contribution in [3.63, 3.8) is 0 Å². The van der Waals surface area contributed by atoms with E-state index in [1.807, 2.05) is 19.2 Å². The number of aryl methyl sites for hydroxylation is 1.